The maximum absolute atomic E-state index is 6.07. The molecule has 0 radical (unpaired) electrons. The number of hydrogen-bond acceptors (Lipinski definition) is 3. The van der Waals surface area contributed by atoms with E-state index < -0.39 is 0 Å². The van der Waals surface area contributed by atoms with Crippen molar-refractivity contribution >= 4 is 46.3 Å². The normalized spacial score (nSPS) is 10.0. The largest absolute Gasteiger partial charge is 0.389 e. The van der Waals surface area contributed by atoms with E-state index in [4.69, 9.17) is 29.6 Å². The monoisotopic (exact) mass is 260 g/mol. The maximum Gasteiger partial charge on any atom is 0.104 e. The van der Waals surface area contributed by atoms with Gasteiger partial charge in [-0.05, 0) is 24.5 Å². The van der Waals surface area contributed by atoms with Gasteiger partial charge in [0.1, 0.15) is 4.99 Å². The van der Waals surface area contributed by atoms with E-state index in [1.165, 1.54) is 0 Å². The molecular weight excluding hydrogens is 248 g/mol. The van der Waals surface area contributed by atoms with Gasteiger partial charge in [-0.25, -0.2) is 0 Å². The molecule has 0 heterocycles. The fraction of sp³-hybridized carbons (Fsp3) is 0.300. The minimum Gasteiger partial charge on any atom is -0.389 e. The summed E-state index contributed by atoms with van der Waals surface area (Å²) in [7, 11) is 0. The molecule has 0 aliphatic heterocycles. The summed E-state index contributed by atoms with van der Waals surface area (Å²) in [5, 5.41) is 3.90. The number of anilines is 1. The molecule has 1 rings (SSSR count). The highest BCUT2D eigenvalue weighted by Gasteiger charge is 2.02. The zero-order valence-corrected chi connectivity index (χ0v) is 10.8. The second-order valence-electron chi connectivity index (χ2n) is 2.98. The van der Waals surface area contributed by atoms with Gasteiger partial charge in [-0.2, -0.15) is 11.8 Å². The second kappa shape index (κ2) is 6.20. The zero-order chi connectivity index (χ0) is 11.3. The summed E-state index contributed by atoms with van der Waals surface area (Å²) in [6, 6.07) is 5.55. The number of nitrogens with two attached hydrogens (primary N) is 1. The maximum atomic E-state index is 6.07. The molecule has 0 aromatic heterocycles. The number of thioether (sulfide) groups is 1. The molecule has 0 spiro atoms. The van der Waals surface area contributed by atoms with Gasteiger partial charge in [-0.3, -0.25) is 0 Å². The molecule has 0 saturated heterocycles. The molecule has 2 nitrogen and oxygen atoms in total. The van der Waals surface area contributed by atoms with Crippen LogP contribution >= 0.6 is 35.6 Å². The number of hydrogen-bond donors (Lipinski definition) is 2. The Balaban J connectivity index is 2.70. The summed E-state index contributed by atoms with van der Waals surface area (Å²) in [5.74, 6) is 1.05. The molecule has 0 aliphatic carbocycles. The Morgan fingerprint density at radius 1 is 1.60 bits per heavy atom. The molecular formula is C10H13ClN2S2. The SMILES string of the molecule is CSCCNc1ccc(C(N)=S)cc1Cl. The highest BCUT2D eigenvalue weighted by Crippen LogP contribution is 2.22. The topological polar surface area (TPSA) is 38.0 Å². The molecule has 1 aromatic carbocycles. The Morgan fingerprint density at radius 3 is 2.87 bits per heavy atom. The summed E-state index contributed by atoms with van der Waals surface area (Å²) in [6.45, 7) is 0.896. The van der Waals surface area contributed by atoms with E-state index in [-0.39, 0.29) is 0 Å². The summed E-state index contributed by atoms with van der Waals surface area (Å²) in [6.07, 6.45) is 2.07. The fourth-order valence-electron chi connectivity index (χ4n) is 1.10. The van der Waals surface area contributed by atoms with E-state index in [9.17, 15) is 0 Å². The summed E-state index contributed by atoms with van der Waals surface area (Å²) < 4.78 is 0. The molecule has 0 atom stereocenters. The molecule has 0 amide bonds. The van der Waals surface area contributed by atoms with Crippen LogP contribution < -0.4 is 11.1 Å². The molecule has 15 heavy (non-hydrogen) atoms. The lowest BCUT2D eigenvalue weighted by Gasteiger charge is -2.08. The van der Waals surface area contributed by atoms with Crippen LogP contribution in [0, 0.1) is 0 Å². The molecule has 82 valence electrons. The lowest BCUT2D eigenvalue weighted by molar-refractivity contribution is 1.23. The quantitative estimate of drug-likeness (QED) is 0.631. The molecule has 5 heteroatoms. The van der Waals surface area contributed by atoms with Crippen LogP contribution in [0.15, 0.2) is 18.2 Å². The zero-order valence-electron chi connectivity index (χ0n) is 8.42. The first-order valence-electron chi connectivity index (χ1n) is 4.47. The van der Waals surface area contributed by atoms with Crippen LogP contribution in [-0.2, 0) is 0 Å². The van der Waals surface area contributed by atoms with E-state index in [1.807, 2.05) is 12.1 Å². The van der Waals surface area contributed by atoms with Crippen LogP contribution in [0.4, 0.5) is 5.69 Å². The van der Waals surface area contributed by atoms with Crippen molar-refractivity contribution in [2.45, 2.75) is 0 Å². The highest BCUT2D eigenvalue weighted by molar-refractivity contribution is 7.98. The van der Waals surface area contributed by atoms with Crippen LogP contribution in [0.5, 0.6) is 0 Å². The van der Waals surface area contributed by atoms with Gasteiger partial charge in [0.05, 0.1) is 10.7 Å². The third-order valence-electron chi connectivity index (χ3n) is 1.88. The average molecular weight is 261 g/mol. The summed E-state index contributed by atoms with van der Waals surface area (Å²) in [4.78, 5) is 0.368. The predicted molar refractivity (Wildman–Crippen MR) is 74.2 cm³/mol. The van der Waals surface area contributed by atoms with Crippen molar-refractivity contribution in [1.29, 1.82) is 0 Å². The van der Waals surface area contributed by atoms with E-state index in [0.29, 0.717) is 10.0 Å². The fourth-order valence-corrected chi connectivity index (χ4v) is 1.78. The van der Waals surface area contributed by atoms with E-state index in [2.05, 4.69) is 11.6 Å². The smallest absolute Gasteiger partial charge is 0.104 e. The highest BCUT2D eigenvalue weighted by atomic mass is 35.5. The molecule has 0 bridgehead atoms. The van der Waals surface area contributed by atoms with Crippen LogP contribution in [0.25, 0.3) is 0 Å². The molecule has 0 aliphatic rings. The summed E-state index contributed by atoms with van der Waals surface area (Å²) in [5.41, 5.74) is 7.22. The number of halogens is 1. The minimum atomic E-state index is 0.368. The average Bonchev–Trinajstić information content (AvgIpc) is 2.20. The van der Waals surface area contributed by atoms with Crippen molar-refractivity contribution in [2.75, 3.05) is 23.9 Å². The van der Waals surface area contributed by atoms with Gasteiger partial charge < -0.3 is 11.1 Å². The van der Waals surface area contributed by atoms with Crippen molar-refractivity contribution < 1.29 is 0 Å². The van der Waals surface area contributed by atoms with Crippen LogP contribution in [0.1, 0.15) is 5.56 Å². The Hall–Kier alpha value is -0.450. The van der Waals surface area contributed by atoms with Crippen LogP contribution in [0.3, 0.4) is 0 Å². The standard InChI is InChI=1S/C10H13ClN2S2/c1-15-5-4-13-9-3-2-7(10(12)14)6-8(9)11/h2-3,6,13H,4-5H2,1H3,(H2,12,14). The Bertz CT molecular complexity index is 355. The number of rotatable bonds is 5. The molecule has 0 saturated carbocycles. The minimum absolute atomic E-state index is 0.368. The molecule has 1 aromatic rings. The van der Waals surface area contributed by atoms with E-state index in [1.54, 1.807) is 17.8 Å². The van der Waals surface area contributed by atoms with Gasteiger partial charge in [-0.15, -0.1) is 0 Å². The van der Waals surface area contributed by atoms with Crippen molar-refractivity contribution in [3.63, 3.8) is 0 Å². The van der Waals surface area contributed by atoms with Gasteiger partial charge in [0.2, 0.25) is 0 Å². The lowest BCUT2D eigenvalue weighted by atomic mass is 10.2. The number of thiocarbonyl (C=S) groups is 1. The molecule has 0 unspecified atom stereocenters. The van der Waals surface area contributed by atoms with Crippen molar-refractivity contribution in [3.05, 3.63) is 28.8 Å². The van der Waals surface area contributed by atoms with Crippen LogP contribution in [-0.4, -0.2) is 23.5 Å². The Kier molecular flexibility index (Phi) is 5.22. The summed E-state index contributed by atoms with van der Waals surface area (Å²) >= 11 is 12.7. The number of nitrogens with one attached hydrogen (secondary N) is 1. The van der Waals surface area contributed by atoms with E-state index in [0.717, 1.165) is 23.5 Å². The molecule has 0 fully saturated rings. The van der Waals surface area contributed by atoms with Gasteiger partial charge >= 0.3 is 0 Å². The van der Waals surface area contributed by atoms with E-state index >= 15 is 0 Å². The first-order chi connectivity index (χ1) is 7.15. The third kappa shape index (κ3) is 3.89. The van der Waals surface area contributed by atoms with Gasteiger partial charge in [-0.1, -0.05) is 23.8 Å². The Labute approximate surface area is 105 Å². The third-order valence-corrected chi connectivity index (χ3v) is 3.04. The van der Waals surface area contributed by atoms with Gasteiger partial charge in [0.25, 0.3) is 0 Å². The first-order valence-corrected chi connectivity index (χ1v) is 6.65. The van der Waals surface area contributed by atoms with Gasteiger partial charge in [0, 0.05) is 17.9 Å². The van der Waals surface area contributed by atoms with Crippen molar-refractivity contribution in [2.24, 2.45) is 5.73 Å². The number of benzene rings is 1. The Morgan fingerprint density at radius 2 is 2.33 bits per heavy atom. The second-order valence-corrected chi connectivity index (χ2v) is 4.81. The van der Waals surface area contributed by atoms with Crippen molar-refractivity contribution in [1.82, 2.24) is 0 Å². The lowest BCUT2D eigenvalue weighted by Crippen LogP contribution is -2.10. The van der Waals surface area contributed by atoms with Crippen molar-refractivity contribution in [3.8, 4) is 0 Å². The predicted octanol–water partition coefficient (Wildman–Crippen LogP) is 2.75. The van der Waals surface area contributed by atoms with Gasteiger partial charge in [0.15, 0.2) is 0 Å². The first kappa shape index (κ1) is 12.6. The van der Waals surface area contributed by atoms with Crippen LogP contribution in [0.2, 0.25) is 5.02 Å². The molecule has 3 N–H and O–H groups in total.